The van der Waals surface area contributed by atoms with Gasteiger partial charge in [0.15, 0.2) is 0 Å². The largest absolute Gasteiger partial charge is 0.375 e. The van der Waals surface area contributed by atoms with Crippen LogP contribution in [0.3, 0.4) is 0 Å². The van der Waals surface area contributed by atoms with Crippen molar-refractivity contribution in [2.45, 2.75) is 32.8 Å². The smallest absolute Gasteiger partial charge is 0.0917 e. The number of rotatable bonds is 1. The summed E-state index contributed by atoms with van der Waals surface area (Å²) in [6.07, 6.45) is 1.02. The van der Waals surface area contributed by atoms with Gasteiger partial charge >= 0.3 is 0 Å². The highest BCUT2D eigenvalue weighted by Gasteiger charge is 2.20. The molecule has 0 fully saturated rings. The highest BCUT2D eigenvalue weighted by molar-refractivity contribution is 5.29. The number of ether oxygens (including phenoxy) is 1. The summed E-state index contributed by atoms with van der Waals surface area (Å²) < 4.78 is 7.37. The Morgan fingerprint density at radius 3 is 2.92 bits per heavy atom. The normalized spacial score (nSPS) is 16.3. The van der Waals surface area contributed by atoms with Crippen LogP contribution in [0.25, 0.3) is 0 Å². The first-order chi connectivity index (χ1) is 6.20. The van der Waals surface area contributed by atoms with E-state index in [2.05, 4.69) is 18.9 Å². The molecule has 1 aromatic rings. The standard InChI is InChI=1S/C10H16N2O/c1-7(2)10-8-4-5-13-6-9(8)11-12(10)3/h7H,4-6H2,1-3H3. The Labute approximate surface area is 78.7 Å². The van der Waals surface area contributed by atoms with E-state index < -0.39 is 0 Å². The molecule has 0 aromatic carbocycles. The van der Waals surface area contributed by atoms with Gasteiger partial charge in [0.05, 0.1) is 18.9 Å². The molecule has 0 radical (unpaired) electrons. The van der Waals surface area contributed by atoms with Crippen LogP contribution in [-0.2, 0) is 24.8 Å². The minimum absolute atomic E-state index is 0.555. The molecule has 1 aromatic heterocycles. The van der Waals surface area contributed by atoms with Crippen LogP contribution in [0.4, 0.5) is 0 Å². The highest BCUT2D eigenvalue weighted by atomic mass is 16.5. The monoisotopic (exact) mass is 180 g/mol. The minimum Gasteiger partial charge on any atom is -0.375 e. The molecule has 1 aliphatic heterocycles. The molecule has 0 aliphatic carbocycles. The summed E-state index contributed by atoms with van der Waals surface area (Å²) in [5, 5.41) is 4.46. The summed E-state index contributed by atoms with van der Waals surface area (Å²) >= 11 is 0. The molecule has 0 spiro atoms. The molecule has 0 unspecified atom stereocenters. The number of nitrogens with zero attached hydrogens (tertiary/aromatic N) is 2. The summed E-state index contributed by atoms with van der Waals surface area (Å²) in [4.78, 5) is 0. The van der Waals surface area contributed by atoms with E-state index in [0.717, 1.165) is 18.7 Å². The van der Waals surface area contributed by atoms with E-state index in [0.29, 0.717) is 12.5 Å². The van der Waals surface area contributed by atoms with Crippen molar-refractivity contribution in [3.05, 3.63) is 17.0 Å². The van der Waals surface area contributed by atoms with Crippen molar-refractivity contribution < 1.29 is 4.74 Å². The number of fused-ring (bicyclic) bond motifs is 1. The third-order valence-corrected chi connectivity index (χ3v) is 2.56. The van der Waals surface area contributed by atoms with Crippen LogP contribution >= 0.6 is 0 Å². The molecule has 0 bridgehead atoms. The van der Waals surface area contributed by atoms with Crippen LogP contribution < -0.4 is 0 Å². The van der Waals surface area contributed by atoms with Crippen LogP contribution in [0.5, 0.6) is 0 Å². The molecule has 3 nitrogen and oxygen atoms in total. The molecule has 2 rings (SSSR count). The van der Waals surface area contributed by atoms with Crippen LogP contribution in [0.2, 0.25) is 0 Å². The maximum absolute atomic E-state index is 5.37. The molecular weight excluding hydrogens is 164 g/mol. The molecular formula is C10H16N2O. The summed E-state index contributed by atoms with van der Waals surface area (Å²) in [6.45, 7) is 5.97. The summed E-state index contributed by atoms with van der Waals surface area (Å²) in [5.74, 6) is 0.555. The number of hydrogen-bond acceptors (Lipinski definition) is 2. The zero-order chi connectivity index (χ0) is 9.42. The third-order valence-electron chi connectivity index (χ3n) is 2.56. The fourth-order valence-corrected chi connectivity index (χ4v) is 2.09. The minimum atomic E-state index is 0.555. The SMILES string of the molecule is CC(C)c1c2c(nn1C)COCC2. The third kappa shape index (κ3) is 1.37. The van der Waals surface area contributed by atoms with E-state index in [1.807, 2.05) is 11.7 Å². The first-order valence-corrected chi connectivity index (χ1v) is 4.82. The molecule has 3 heteroatoms. The molecule has 0 amide bonds. The maximum Gasteiger partial charge on any atom is 0.0917 e. The van der Waals surface area contributed by atoms with Gasteiger partial charge in [-0.2, -0.15) is 5.10 Å². The second kappa shape index (κ2) is 3.14. The lowest BCUT2D eigenvalue weighted by molar-refractivity contribution is 0.108. The first-order valence-electron chi connectivity index (χ1n) is 4.82. The molecule has 1 aliphatic rings. The van der Waals surface area contributed by atoms with Crippen molar-refractivity contribution >= 4 is 0 Å². The van der Waals surface area contributed by atoms with Crippen molar-refractivity contribution in [2.75, 3.05) is 6.61 Å². The predicted octanol–water partition coefficient (Wildman–Crippen LogP) is 1.62. The fraction of sp³-hybridized carbons (Fsp3) is 0.700. The number of hydrogen-bond donors (Lipinski definition) is 0. The van der Waals surface area contributed by atoms with E-state index >= 15 is 0 Å². The molecule has 0 saturated carbocycles. The average Bonchev–Trinajstić information content (AvgIpc) is 2.39. The molecule has 2 heterocycles. The van der Waals surface area contributed by atoms with Gasteiger partial charge in [0.2, 0.25) is 0 Å². The van der Waals surface area contributed by atoms with Crippen molar-refractivity contribution in [1.82, 2.24) is 9.78 Å². The van der Waals surface area contributed by atoms with Gasteiger partial charge in [0.25, 0.3) is 0 Å². The van der Waals surface area contributed by atoms with Crippen LogP contribution in [0.15, 0.2) is 0 Å². The highest BCUT2D eigenvalue weighted by Crippen LogP contribution is 2.25. The maximum atomic E-state index is 5.37. The second-order valence-corrected chi connectivity index (χ2v) is 3.89. The number of aryl methyl sites for hydroxylation is 1. The lowest BCUT2D eigenvalue weighted by atomic mass is 10.0. The van der Waals surface area contributed by atoms with Gasteiger partial charge < -0.3 is 4.74 Å². The van der Waals surface area contributed by atoms with Gasteiger partial charge in [-0.15, -0.1) is 0 Å². The Balaban J connectivity index is 2.48. The zero-order valence-corrected chi connectivity index (χ0v) is 8.50. The van der Waals surface area contributed by atoms with E-state index in [1.54, 1.807) is 0 Å². The van der Waals surface area contributed by atoms with Crippen molar-refractivity contribution in [3.63, 3.8) is 0 Å². The van der Waals surface area contributed by atoms with Crippen LogP contribution in [0, 0.1) is 0 Å². The Hall–Kier alpha value is -0.830. The van der Waals surface area contributed by atoms with Gasteiger partial charge in [-0.05, 0) is 12.3 Å². The molecule has 72 valence electrons. The molecule has 0 N–H and O–H groups in total. The molecule has 13 heavy (non-hydrogen) atoms. The van der Waals surface area contributed by atoms with E-state index in [4.69, 9.17) is 4.74 Å². The van der Waals surface area contributed by atoms with Gasteiger partial charge in [0.1, 0.15) is 0 Å². The lowest BCUT2D eigenvalue weighted by Gasteiger charge is -2.13. The Kier molecular flexibility index (Phi) is 2.12. The van der Waals surface area contributed by atoms with Crippen LogP contribution in [0.1, 0.15) is 36.7 Å². The molecule has 0 saturated heterocycles. The Morgan fingerprint density at radius 2 is 2.23 bits per heavy atom. The quantitative estimate of drug-likeness (QED) is 0.656. The van der Waals surface area contributed by atoms with Gasteiger partial charge in [-0.3, -0.25) is 4.68 Å². The fourth-order valence-electron chi connectivity index (χ4n) is 2.09. The van der Waals surface area contributed by atoms with E-state index in [9.17, 15) is 0 Å². The predicted molar refractivity (Wildman–Crippen MR) is 50.7 cm³/mol. The summed E-state index contributed by atoms with van der Waals surface area (Å²) in [5.41, 5.74) is 3.93. The van der Waals surface area contributed by atoms with Gasteiger partial charge in [-0.1, -0.05) is 13.8 Å². The Bertz CT molecular complexity index is 315. The van der Waals surface area contributed by atoms with E-state index in [-0.39, 0.29) is 0 Å². The van der Waals surface area contributed by atoms with Gasteiger partial charge in [-0.25, -0.2) is 0 Å². The van der Waals surface area contributed by atoms with Gasteiger partial charge in [0, 0.05) is 18.3 Å². The lowest BCUT2D eigenvalue weighted by Crippen LogP contribution is -2.10. The molecule has 0 atom stereocenters. The first kappa shape index (κ1) is 8.75. The summed E-state index contributed by atoms with van der Waals surface area (Å²) in [6, 6.07) is 0. The second-order valence-electron chi connectivity index (χ2n) is 3.89. The number of aromatic nitrogens is 2. The Morgan fingerprint density at radius 1 is 1.46 bits per heavy atom. The van der Waals surface area contributed by atoms with E-state index in [1.165, 1.54) is 11.3 Å². The van der Waals surface area contributed by atoms with Crippen molar-refractivity contribution in [2.24, 2.45) is 7.05 Å². The summed E-state index contributed by atoms with van der Waals surface area (Å²) in [7, 11) is 2.02. The topological polar surface area (TPSA) is 27.1 Å². The average molecular weight is 180 g/mol. The zero-order valence-electron chi connectivity index (χ0n) is 8.50. The van der Waals surface area contributed by atoms with Crippen molar-refractivity contribution in [1.29, 1.82) is 0 Å². The van der Waals surface area contributed by atoms with Crippen LogP contribution in [-0.4, -0.2) is 16.4 Å². The van der Waals surface area contributed by atoms with Crippen molar-refractivity contribution in [3.8, 4) is 0 Å².